The normalized spacial score (nSPS) is 24.0. The average molecular weight is 447 g/mol. The SMILES string of the molecule is CCNC(=NCC(C)c1c(C)noc1C)N1CCN(CC(=O)N2CC(C)CC(C)C2)CC1. The number of nitrogens with one attached hydrogen (secondary N) is 1. The summed E-state index contributed by atoms with van der Waals surface area (Å²) in [6.45, 7) is 20.1. The summed E-state index contributed by atoms with van der Waals surface area (Å²) in [4.78, 5) is 24.4. The minimum absolute atomic E-state index is 0.253. The number of carbonyl (C=O) groups excluding carboxylic acids is 1. The van der Waals surface area contributed by atoms with E-state index in [1.165, 1.54) is 6.42 Å². The van der Waals surface area contributed by atoms with E-state index in [0.29, 0.717) is 24.9 Å². The highest BCUT2D eigenvalue weighted by molar-refractivity contribution is 5.80. The predicted molar refractivity (Wildman–Crippen MR) is 128 cm³/mol. The Morgan fingerprint density at radius 2 is 1.81 bits per heavy atom. The van der Waals surface area contributed by atoms with Gasteiger partial charge in [-0.2, -0.15) is 0 Å². The molecule has 3 heterocycles. The first-order valence-corrected chi connectivity index (χ1v) is 12.2. The molecule has 2 fully saturated rings. The zero-order valence-corrected chi connectivity index (χ0v) is 20.9. The highest BCUT2D eigenvalue weighted by Gasteiger charge is 2.28. The van der Waals surface area contributed by atoms with Crippen LogP contribution in [0.5, 0.6) is 0 Å². The van der Waals surface area contributed by atoms with Gasteiger partial charge in [0.15, 0.2) is 5.96 Å². The average Bonchev–Trinajstić information content (AvgIpc) is 3.09. The molecule has 1 aromatic rings. The minimum atomic E-state index is 0.253. The van der Waals surface area contributed by atoms with E-state index in [1.54, 1.807) is 0 Å². The standard InChI is InChI=1S/C24H42N6O2/c1-7-25-24(26-13-19(4)23-20(5)27-32-21(23)6)29-10-8-28(9-11-29)16-22(31)30-14-17(2)12-18(3)15-30/h17-19H,7-16H2,1-6H3,(H,25,26). The maximum atomic E-state index is 12.8. The second-order valence-corrected chi connectivity index (χ2v) is 9.84. The Labute approximate surface area is 193 Å². The zero-order chi connectivity index (χ0) is 23.3. The third-order valence-electron chi connectivity index (χ3n) is 6.68. The van der Waals surface area contributed by atoms with Gasteiger partial charge in [0.1, 0.15) is 5.76 Å². The number of hydrogen-bond donors (Lipinski definition) is 1. The molecule has 8 heteroatoms. The van der Waals surface area contributed by atoms with Gasteiger partial charge in [-0.25, -0.2) is 0 Å². The van der Waals surface area contributed by atoms with Crippen molar-refractivity contribution in [2.45, 2.75) is 53.9 Å². The molecule has 1 aromatic heterocycles. The van der Waals surface area contributed by atoms with Gasteiger partial charge in [-0.3, -0.25) is 14.7 Å². The van der Waals surface area contributed by atoms with Crippen molar-refractivity contribution < 1.29 is 9.32 Å². The van der Waals surface area contributed by atoms with Crippen LogP contribution in [0.2, 0.25) is 0 Å². The Hall–Kier alpha value is -2.09. The Balaban J connectivity index is 1.52. The lowest BCUT2D eigenvalue weighted by atomic mass is 9.92. The predicted octanol–water partition coefficient (Wildman–Crippen LogP) is 2.48. The number of aryl methyl sites for hydroxylation is 2. The van der Waals surface area contributed by atoms with Crippen LogP contribution in [-0.4, -0.2) is 90.6 Å². The van der Waals surface area contributed by atoms with Gasteiger partial charge in [-0.05, 0) is 39.0 Å². The van der Waals surface area contributed by atoms with E-state index in [2.05, 4.69) is 52.9 Å². The number of piperidine rings is 1. The molecule has 0 aliphatic carbocycles. The van der Waals surface area contributed by atoms with Gasteiger partial charge in [-0.15, -0.1) is 0 Å². The van der Waals surface area contributed by atoms with Crippen LogP contribution >= 0.6 is 0 Å². The van der Waals surface area contributed by atoms with E-state index in [-0.39, 0.29) is 11.8 Å². The molecule has 0 bridgehead atoms. The molecule has 180 valence electrons. The summed E-state index contributed by atoms with van der Waals surface area (Å²) in [7, 11) is 0. The van der Waals surface area contributed by atoms with Gasteiger partial charge in [0.2, 0.25) is 5.91 Å². The van der Waals surface area contributed by atoms with Gasteiger partial charge in [0.05, 0.1) is 12.2 Å². The van der Waals surface area contributed by atoms with Crippen LogP contribution in [0.1, 0.15) is 57.1 Å². The number of nitrogens with zero attached hydrogens (tertiary/aromatic N) is 5. The van der Waals surface area contributed by atoms with E-state index >= 15 is 0 Å². The highest BCUT2D eigenvalue weighted by Crippen LogP contribution is 2.23. The van der Waals surface area contributed by atoms with Crippen molar-refractivity contribution in [1.82, 2.24) is 25.2 Å². The first-order valence-electron chi connectivity index (χ1n) is 12.2. The quantitative estimate of drug-likeness (QED) is 0.534. The third-order valence-corrected chi connectivity index (χ3v) is 6.68. The Kier molecular flexibility index (Phi) is 8.57. The molecule has 0 radical (unpaired) electrons. The summed E-state index contributed by atoms with van der Waals surface area (Å²) >= 11 is 0. The van der Waals surface area contributed by atoms with Crippen molar-refractivity contribution in [2.24, 2.45) is 16.8 Å². The number of guanidine groups is 1. The number of rotatable bonds is 6. The fourth-order valence-corrected chi connectivity index (χ4v) is 5.21. The van der Waals surface area contributed by atoms with Crippen LogP contribution in [-0.2, 0) is 4.79 Å². The first kappa shape index (κ1) is 24.6. The number of piperazine rings is 1. The molecule has 1 amide bonds. The summed E-state index contributed by atoms with van der Waals surface area (Å²) in [6, 6.07) is 0. The summed E-state index contributed by atoms with van der Waals surface area (Å²) in [5.41, 5.74) is 2.11. The van der Waals surface area contributed by atoms with E-state index < -0.39 is 0 Å². The van der Waals surface area contributed by atoms with Crippen LogP contribution in [0.3, 0.4) is 0 Å². The molecule has 0 spiro atoms. The number of carbonyl (C=O) groups is 1. The van der Waals surface area contributed by atoms with Crippen molar-refractivity contribution in [3.05, 3.63) is 17.0 Å². The monoisotopic (exact) mass is 446 g/mol. The van der Waals surface area contributed by atoms with Gasteiger partial charge >= 0.3 is 0 Å². The number of aromatic nitrogens is 1. The van der Waals surface area contributed by atoms with Crippen molar-refractivity contribution >= 4 is 11.9 Å². The molecule has 3 unspecified atom stereocenters. The number of amides is 1. The topological polar surface area (TPSA) is 77.2 Å². The maximum absolute atomic E-state index is 12.8. The second kappa shape index (κ2) is 11.2. The van der Waals surface area contributed by atoms with Crippen molar-refractivity contribution in [3.63, 3.8) is 0 Å². The van der Waals surface area contributed by atoms with Crippen molar-refractivity contribution in [1.29, 1.82) is 0 Å². The number of hydrogen-bond acceptors (Lipinski definition) is 5. The van der Waals surface area contributed by atoms with Crippen LogP contribution in [0.25, 0.3) is 0 Å². The van der Waals surface area contributed by atoms with E-state index in [4.69, 9.17) is 9.52 Å². The zero-order valence-electron chi connectivity index (χ0n) is 20.9. The van der Waals surface area contributed by atoms with Crippen molar-refractivity contribution in [3.8, 4) is 0 Å². The first-order chi connectivity index (χ1) is 15.3. The van der Waals surface area contributed by atoms with Crippen molar-refractivity contribution in [2.75, 3.05) is 58.9 Å². The summed E-state index contributed by atoms with van der Waals surface area (Å²) in [5.74, 6) is 3.58. The van der Waals surface area contributed by atoms with Crippen LogP contribution in [0.15, 0.2) is 9.52 Å². The molecule has 3 atom stereocenters. The fourth-order valence-electron chi connectivity index (χ4n) is 5.21. The maximum Gasteiger partial charge on any atom is 0.236 e. The second-order valence-electron chi connectivity index (χ2n) is 9.84. The summed E-state index contributed by atoms with van der Waals surface area (Å²) in [5, 5.41) is 7.52. The largest absolute Gasteiger partial charge is 0.361 e. The van der Waals surface area contributed by atoms with E-state index in [9.17, 15) is 4.79 Å². The Morgan fingerprint density at radius 1 is 1.16 bits per heavy atom. The fraction of sp³-hybridized carbons (Fsp3) is 0.792. The Morgan fingerprint density at radius 3 is 2.38 bits per heavy atom. The molecule has 3 rings (SSSR count). The molecule has 8 nitrogen and oxygen atoms in total. The van der Waals surface area contributed by atoms with Gasteiger partial charge in [-0.1, -0.05) is 25.9 Å². The lowest BCUT2D eigenvalue weighted by Gasteiger charge is -2.39. The highest BCUT2D eigenvalue weighted by atomic mass is 16.5. The molecule has 2 aliphatic rings. The lowest BCUT2D eigenvalue weighted by molar-refractivity contribution is -0.135. The van der Waals surface area contributed by atoms with E-state index in [1.807, 2.05) is 13.8 Å². The third kappa shape index (κ3) is 6.24. The summed E-state index contributed by atoms with van der Waals surface area (Å²) in [6.07, 6.45) is 1.23. The van der Waals surface area contributed by atoms with Gasteiger partial charge in [0, 0.05) is 63.8 Å². The molecule has 2 saturated heterocycles. The molecular formula is C24H42N6O2. The lowest BCUT2D eigenvalue weighted by Crippen LogP contribution is -2.55. The van der Waals surface area contributed by atoms with Crippen LogP contribution in [0.4, 0.5) is 0 Å². The molecule has 2 aliphatic heterocycles. The van der Waals surface area contributed by atoms with Crippen LogP contribution < -0.4 is 5.32 Å². The molecule has 0 aromatic carbocycles. The number of aliphatic imine (C=N–C) groups is 1. The molecule has 1 N–H and O–H groups in total. The Bertz CT molecular complexity index is 754. The van der Waals surface area contributed by atoms with Gasteiger partial charge < -0.3 is 19.6 Å². The minimum Gasteiger partial charge on any atom is -0.361 e. The molecular weight excluding hydrogens is 404 g/mol. The van der Waals surface area contributed by atoms with E-state index in [0.717, 1.165) is 68.8 Å². The summed E-state index contributed by atoms with van der Waals surface area (Å²) < 4.78 is 5.32. The molecule has 0 saturated carbocycles. The number of likely N-dealkylation sites (tertiary alicyclic amines) is 1. The molecule has 32 heavy (non-hydrogen) atoms. The van der Waals surface area contributed by atoms with Gasteiger partial charge in [0.25, 0.3) is 0 Å². The smallest absolute Gasteiger partial charge is 0.236 e. The van der Waals surface area contributed by atoms with Crippen LogP contribution in [0, 0.1) is 25.7 Å².